The van der Waals surface area contributed by atoms with E-state index in [1.54, 1.807) is 6.92 Å². The number of benzene rings is 1. The molecule has 0 spiro atoms. The number of carbonyl (C=O) groups excluding carboxylic acids is 1. The zero-order valence-corrected chi connectivity index (χ0v) is 11.4. The number of fused-ring (bicyclic) bond motifs is 1. The number of carbonyl (C=O) groups is 1. The van der Waals surface area contributed by atoms with Gasteiger partial charge in [-0.25, -0.2) is 0 Å². The smallest absolute Gasteiger partial charge is 0.315 e. The molecule has 7 heteroatoms. The number of hydrogen-bond donors (Lipinski definition) is 1. The number of rotatable bonds is 2. The molecule has 0 saturated heterocycles. The maximum absolute atomic E-state index is 12.1. The minimum atomic E-state index is -0.352. The van der Waals surface area contributed by atoms with Gasteiger partial charge in [-0.05, 0) is 13.0 Å². The van der Waals surface area contributed by atoms with E-state index in [-0.39, 0.29) is 11.9 Å². The Labute approximate surface area is 117 Å². The first-order valence-corrected chi connectivity index (χ1v) is 6.63. The molecule has 0 radical (unpaired) electrons. The van der Waals surface area contributed by atoms with E-state index < -0.39 is 0 Å². The van der Waals surface area contributed by atoms with Crippen molar-refractivity contribution >= 4 is 44.9 Å². The summed E-state index contributed by atoms with van der Waals surface area (Å²) in [6.07, 6.45) is 0. The SMILES string of the molecule is Cc1noc(NC(=O)c2sc3ccccc3c2Cl)n1. The third-order valence-electron chi connectivity index (χ3n) is 2.49. The van der Waals surface area contributed by atoms with Gasteiger partial charge in [0, 0.05) is 10.1 Å². The van der Waals surface area contributed by atoms with Crippen molar-refractivity contribution in [3.8, 4) is 0 Å². The molecule has 0 aliphatic rings. The van der Waals surface area contributed by atoms with Gasteiger partial charge in [0.05, 0.1) is 5.02 Å². The van der Waals surface area contributed by atoms with Crippen LogP contribution in [0.4, 0.5) is 6.01 Å². The fourth-order valence-corrected chi connectivity index (χ4v) is 3.07. The number of amides is 1. The van der Waals surface area contributed by atoms with Crippen molar-refractivity contribution in [2.75, 3.05) is 5.32 Å². The number of halogens is 1. The van der Waals surface area contributed by atoms with Crippen LogP contribution < -0.4 is 5.32 Å². The Bertz CT molecular complexity index is 765. The molecule has 96 valence electrons. The summed E-state index contributed by atoms with van der Waals surface area (Å²) in [5, 5.41) is 7.43. The van der Waals surface area contributed by atoms with Crippen molar-refractivity contribution < 1.29 is 9.32 Å². The highest BCUT2D eigenvalue weighted by atomic mass is 35.5. The second-order valence-corrected chi connectivity index (χ2v) is 5.27. The average molecular weight is 294 g/mol. The van der Waals surface area contributed by atoms with Gasteiger partial charge in [-0.1, -0.05) is 35.0 Å². The predicted octanol–water partition coefficient (Wildman–Crippen LogP) is 3.50. The quantitative estimate of drug-likeness (QED) is 0.785. The molecule has 2 aromatic heterocycles. The van der Waals surface area contributed by atoms with Gasteiger partial charge in [0.15, 0.2) is 5.82 Å². The van der Waals surface area contributed by atoms with Crippen LogP contribution in [0, 0.1) is 6.92 Å². The normalized spacial score (nSPS) is 10.8. The zero-order chi connectivity index (χ0) is 13.4. The molecule has 0 saturated carbocycles. The summed E-state index contributed by atoms with van der Waals surface area (Å²) in [5.41, 5.74) is 0. The Kier molecular flexibility index (Phi) is 2.96. The standard InChI is InChI=1S/C12H8ClN3O2S/c1-6-14-12(18-16-6)15-11(17)10-9(13)7-4-2-3-5-8(7)19-10/h2-5H,1H3,(H,14,15,16,17). The molecule has 0 aliphatic heterocycles. The van der Waals surface area contributed by atoms with Gasteiger partial charge in [-0.15, -0.1) is 11.3 Å². The highest BCUT2D eigenvalue weighted by molar-refractivity contribution is 7.21. The summed E-state index contributed by atoms with van der Waals surface area (Å²) in [5.74, 6) is 0.104. The third-order valence-corrected chi connectivity index (χ3v) is 4.16. The average Bonchev–Trinajstić information content (AvgIpc) is 2.94. The highest BCUT2D eigenvalue weighted by Gasteiger charge is 2.18. The molecule has 3 rings (SSSR count). The fraction of sp³-hybridized carbons (Fsp3) is 0.0833. The van der Waals surface area contributed by atoms with Crippen LogP contribution >= 0.6 is 22.9 Å². The molecule has 3 aromatic rings. The van der Waals surface area contributed by atoms with Crippen LogP contribution in [0.5, 0.6) is 0 Å². The van der Waals surface area contributed by atoms with E-state index in [2.05, 4.69) is 15.5 Å². The fourth-order valence-electron chi connectivity index (χ4n) is 1.66. The van der Waals surface area contributed by atoms with Gasteiger partial charge in [-0.2, -0.15) is 4.98 Å². The van der Waals surface area contributed by atoms with Crippen LogP contribution in [-0.4, -0.2) is 16.0 Å². The lowest BCUT2D eigenvalue weighted by Gasteiger charge is -1.97. The van der Waals surface area contributed by atoms with Crippen molar-refractivity contribution in [1.29, 1.82) is 0 Å². The largest absolute Gasteiger partial charge is 0.328 e. The summed E-state index contributed by atoms with van der Waals surface area (Å²) >= 11 is 7.53. The van der Waals surface area contributed by atoms with Crippen molar-refractivity contribution in [2.45, 2.75) is 6.92 Å². The molecule has 0 unspecified atom stereocenters. The second kappa shape index (κ2) is 4.64. The molecule has 1 amide bonds. The number of hydrogen-bond acceptors (Lipinski definition) is 5. The molecule has 1 aromatic carbocycles. The monoisotopic (exact) mass is 293 g/mol. The number of nitrogens with zero attached hydrogens (tertiary/aromatic N) is 2. The second-order valence-electron chi connectivity index (χ2n) is 3.84. The molecule has 0 bridgehead atoms. The zero-order valence-electron chi connectivity index (χ0n) is 9.81. The van der Waals surface area contributed by atoms with Gasteiger partial charge >= 0.3 is 6.01 Å². The van der Waals surface area contributed by atoms with E-state index >= 15 is 0 Å². The number of nitrogens with one attached hydrogen (secondary N) is 1. The van der Waals surface area contributed by atoms with Gasteiger partial charge < -0.3 is 4.52 Å². The maximum Gasteiger partial charge on any atom is 0.328 e. The number of aromatic nitrogens is 2. The molecular formula is C12H8ClN3O2S. The Morgan fingerprint density at radius 2 is 2.21 bits per heavy atom. The van der Waals surface area contributed by atoms with Crippen LogP contribution in [0.1, 0.15) is 15.5 Å². The molecule has 0 atom stereocenters. The molecular weight excluding hydrogens is 286 g/mol. The predicted molar refractivity (Wildman–Crippen MR) is 73.8 cm³/mol. The lowest BCUT2D eigenvalue weighted by molar-refractivity contribution is 0.102. The molecule has 19 heavy (non-hydrogen) atoms. The molecule has 0 aliphatic carbocycles. The Balaban J connectivity index is 1.95. The first-order valence-electron chi connectivity index (χ1n) is 5.44. The van der Waals surface area contributed by atoms with Crippen molar-refractivity contribution in [3.63, 3.8) is 0 Å². The minimum Gasteiger partial charge on any atom is -0.315 e. The summed E-state index contributed by atoms with van der Waals surface area (Å²) < 4.78 is 5.80. The topological polar surface area (TPSA) is 68.0 Å². The van der Waals surface area contributed by atoms with Gasteiger partial charge in [0.25, 0.3) is 5.91 Å². The van der Waals surface area contributed by atoms with E-state index in [9.17, 15) is 4.79 Å². The number of aryl methyl sites for hydroxylation is 1. The van der Waals surface area contributed by atoms with Gasteiger partial charge in [0.2, 0.25) is 0 Å². The minimum absolute atomic E-state index is 0.0658. The van der Waals surface area contributed by atoms with Crippen molar-refractivity contribution in [2.24, 2.45) is 0 Å². The molecule has 2 heterocycles. The van der Waals surface area contributed by atoms with Crippen LogP contribution in [0.3, 0.4) is 0 Å². The number of anilines is 1. The van der Waals surface area contributed by atoms with E-state index in [0.29, 0.717) is 15.7 Å². The van der Waals surface area contributed by atoms with Crippen molar-refractivity contribution in [3.05, 3.63) is 40.0 Å². The maximum atomic E-state index is 12.1. The van der Waals surface area contributed by atoms with E-state index in [0.717, 1.165) is 10.1 Å². The van der Waals surface area contributed by atoms with Crippen LogP contribution in [0.15, 0.2) is 28.8 Å². The van der Waals surface area contributed by atoms with Crippen LogP contribution in [0.25, 0.3) is 10.1 Å². The Morgan fingerprint density at radius 1 is 1.42 bits per heavy atom. The van der Waals surface area contributed by atoms with E-state index in [1.165, 1.54) is 11.3 Å². The molecule has 1 N–H and O–H groups in total. The Morgan fingerprint density at radius 3 is 2.89 bits per heavy atom. The van der Waals surface area contributed by atoms with E-state index in [4.69, 9.17) is 16.1 Å². The third kappa shape index (κ3) is 2.20. The van der Waals surface area contributed by atoms with Crippen molar-refractivity contribution in [1.82, 2.24) is 10.1 Å². The van der Waals surface area contributed by atoms with Crippen LogP contribution in [-0.2, 0) is 0 Å². The first kappa shape index (κ1) is 12.1. The lowest BCUT2D eigenvalue weighted by Crippen LogP contribution is -2.10. The Hall–Kier alpha value is -1.92. The van der Waals surface area contributed by atoms with Crippen LogP contribution in [0.2, 0.25) is 5.02 Å². The summed E-state index contributed by atoms with van der Waals surface area (Å²) in [4.78, 5) is 16.4. The molecule has 0 fully saturated rings. The summed E-state index contributed by atoms with van der Waals surface area (Å²) in [6, 6.07) is 7.64. The number of thiophene rings is 1. The van der Waals surface area contributed by atoms with Gasteiger partial charge in [0.1, 0.15) is 4.88 Å². The van der Waals surface area contributed by atoms with E-state index in [1.807, 2.05) is 24.3 Å². The summed E-state index contributed by atoms with van der Waals surface area (Å²) in [7, 11) is 0. The lowest BCUT2D eigenvalue weighted by atomic mass is 10.2. The van der Waals surface area contributed by atoms with Gasteiger partial charge in [-0.3, -0.25) is 10.1 Å². The summed E-state index contributed by atoms with van der Waals surface area (Å²) in [6.45, 7) is 1.67. The first-order chi connectivity index (χ1) is 9.15. The highest BCUT2D eigenvalue weighted by Crippen LogP contribution is 2.35. The molecule has 5 nitrogen and oxygen atoms in total.